The Morgan fingerprint density at radius 2 is 1.95 bits per heavy atom. The maximum atomic E-state index is 13.9. The fourth-order valence-electron chi connectivity index (χ4n) is 5.59. The van der Waals surface area contributed by atoms with Crippen LogP contribution in [0.2, 0.25) is 5.02 Å². The highest BCUT2D eigenvalue weighted by Crippen LogP contribution is 2.43. The Bertz CT molecular complexity index is 1330. The predicted molar refractivity (Wildman–Crippen MR) is 142 cm³/mol. The Kier molecular flexibility index (Phi) is 9.35. The number of hydrogen-bond donors (Lipinski definition) is 2. The summed E-state index contributed by atoms with van der Waals surface area (Å²) >= 11 is 6.44. The summed E-state index contributed by atoms with van der Waals surface area (Å²) in [6.45, 7) is 1.88. The Morgan fingerprint density at radius 1 is 1.21 bits per heavy atom. The van der Waals surface area contributed by atoms with Gasteiger partial charge in [-0.15, -0.1) is 0 Å². The lowest BCUT2D eigenvalue weighted by atomic mass is 9.71. The van der Waals surface area contributed by atoms with Gasteiger partial charge in [-0.2, -0.15) is 0 Å². The summed E-state index contributed by atoms with van der Waals surface area (Å²) in [4.78, 5) is 18.3. The summed E-state index contributed by atoms with van der Waals surface area (Å²) in [6.07, 6.45) is 3.35. The minimum atomic E-state index is -1.19. The summed E-state index contributed by atoms with van der Waals surface area (Å²) in [6, 6.07) is 6.91. The number of aliphatic hydroxyl groups is 1. The standard InChI is InChI=1S/C29H32ClF3N2O4/c1-39-20-4-5-24-21(15-20)27(22(30)17-34-24)25(36)6-7-29(16-26(37)38)8-11-35(12-9-29)10-2-3-18-13-19(31)14-23(32)28(18)33/h4-5,13-15,17,25,36H,2-3,6-12,16H2,1H3,(H,37,38)/t25-/m0/s1. The zero-order valence-electron chi connectivity index (χ0n) is 21.7. The number of halogens is 4. The van der Waals surface area contributed by atoms with Crippen molar-refractivity contribution in [2.24, 2.45) is 5.41 Å². The molecule has 210 valence electrons. The lowest BCUT2D eigenvalue weighted by Gasteiger charge is -2.41. The fourth-order valence-corrected chi connectivity index (χ4v) is 5.87. The van der Waals surface area contributed by atoms with Crippen LogP contribution >= 0.6 is 11.6 Å². The molecule has 1 atom stereocenters. The molecule has 2 aromatic carbocycles. The van der Waals surface area contributed by atoms with Crippen LogP contribution in [0.5, 0.6) is 5.75 Å². The molecular weight excluding hydrogens is 533 g/mol. The molecule has 1 fully saturated rings. The molecule has 0 spiro atoms. The monoisotopic (exact) mass is 564 g/mol. The molecule has 1 aliphatic rings. The van der Waals surface area contributed by atoms with Crippen molar-refractivity contribution in [2.45, 2.75) is 51.0 Å². The number of likely N-dealkylation sites (tertiary alicyclic amines) is 1. The molecule has 39 heavy (non-hydrogen) atoms. The van der Waals surface area contributed by atoms with Gasteiger partial charge in [-0.1, -0.05) is 11.6 Å². The fraction of sp³-hybridized carbons (Fsp3) is 0.448. The van der Waals surface area contributed by atoms with E-state index in [9.17, 15) is 28.2 Å². The maximum absolute atomic E-state index is 13.9. The first-order valence-corrected chi connectivity index (χ1v) is 13.4. The van der Waals surface area contributed by atoms with Gasteiger partial charge in [-0.3, -0.25) is 9.78 Å². The van der Waals surface area contributed by atoms with Crippen LogP contribution in [0.1, 0.15) is 55.8 Å². The number of pyridine rings is 1. The van der Waals surface area contributed by atoms with Crippen LogP contribution in [0.25, 0.3) is 10.9 Å². The second kappa shape index (κ2) is 12.5. The molecule has 1 saturated heterocycles. The summed E-state index contributed by atoms with van der Waals surface area (Å²) in [5.41, 5.74) is 0.737. The quantitative estimate of drug-likeness (QED) is 0.265. The Balaban J connectivity index is 1.39. The molecule has 0 amide bonds. The number of carbonyl (C=O) groups is 1. The SMILES string of the molecule is COc1ccc2ncc(Cl)c([C@@H](O)CCC3(CC(=O)O)CCN(CCCc4cc(F)cc(F)c4F)CC3)c2c1. The number of carboxylic acids is 1. The van der Waals surface area contributed by atoms with Gasteiger partial charge in [0, 0.05) is 23.2 Å². The van der Waals surface area contributed by atoms with Crippen molar-refractivity contribution in [3.05, 3.63) is 70.1 Å². The maximum Gasteiger partial charge on any atom is 0.303 e. The number of nitrogens with zero attached hydrogens (tertiary/aromatic N) is 2. The van der Waals surface area contributed by atoms with Gasteiger partial charge in [0.1, 0.15) is 11.6 Å². The molecule has 2 N–H and O–H groups in total. The van der Waals surface area contributed by atoms with Gasteiger partial charge in [0.2, 0.25) is 0 Å². The normalized spacial score (nSPS) is 16.4. The number of ether oxygens (including phenoxy) is 1. The first-order chi connectivity index (χ1) is 18.6. The number of aromatic nitrogens is 1. The highest BCUT2D eigenvalue weighted by atomic mass is 35.5. The van der Waals surface area contributed by atoms with E-state index in [4.69, 9.17) is 16.3 Å². The molecule has 1 aliphatic heterocycles. The van der Waals surface area contributed by atoms with E-state index in [2.05, 4.69) is 9.88 Å². The zero-order valence-corrected chi connectivity index (χ0v) is 22.5. The third kappa shape index (κ3) is 7.01. The average Bonchev–Trinajstić information content (AvgIpc) is 2.90. The smallest absolute Gasteiger partial charge is 0.303 e. The van der Waals surface area contributed by atoms with E-state index in [0.29, 0.717) is 85.0 Å². The summed E-state index contributed by atoms with van der Waals surface area (Å²) in [5, 5.41) is 21.8. The molecule has 6 nitrogen and oxygen atoms in total. The lowest BCUT2D eigenvalue weighted by Crippen LogP contribution is -2.41. The number of methoxy groups -OCH3 is 1. The summed E-state index contributed by atoms with van der Waals surface area (Å²) < 4.78 is 46.2. The predicted octanol–water partition coefficient (Wildman–Crippen LogP) is 6.32. The van der Waals surface area contributed by atoms with Gasteiger partial charge in [-0.05, 0) is 93.4 Å². The molecule has 2 heterocycles. The minimum absolute atomic E-state index is 0.0126. The number of aliphatic carboxylic acids is 1. The summed E-state index contributed by atoms with van der Waals surface area (Å²) in [7, 11) is 1.55. The van der Waals surface area contributed by atoms with Gasteiger partial charge >= 0.3 is 5.97 Å². The number of aryl methyl sites for hydroxylation is 1. The van der Waals surface area contributed by atoms with E-state index >= 15 is 0 Å². The topological polar surface area (TPSA) is 82.9 Å². The molecule has 0 aliphatic carbocycles. The van der Waals surface area contributed by atoms with Crippen molar-refractivity contribution in [3.63, 3.8) is 0 Å². The van der Waals surface area contributed by atoms with Crippen LogP contribution in [0.4, 0.5) is 13.2 Å². The number of fused-ring (bicyclic) bond motifs is 1. The van der Waals surface area contributed by atoms with Gasteiger partial charge < -0.3 is 19.8 Å². The average molecular weight is 565 g/mol. The van der Waals surface area contributed by atoms with E-state index in [0.717, 1.165) is 6.07 Å². The number of hydrogen-bond acceptors (Lipinski definition) is 5. The van der Waals surface area contributed by atoms with E-state index < -0.39 is 34.9 Å². The van der Waals surface area contributed by atoms with Crippen LogP contribution in [-0.2, 0) is 11.2 Å². The highest BCUT2D eigenvalue weighted by molar-refractivity contribution is 6.32. The molecule has 3 aromatic rings. The molecule has 0 bridgehead atoms. The van der Waals surface area contributed by atoms with Crippen molar-refractivity contribution in [1.29, 1.82) is 0 Å². The molecule has 4 rings (SSSR count). The largest absolute Gasteiger partial charge is 0.497 e. The molecular formula is C29H32ClF3N2O4. The number of aliphatic hydroxyl groups excluding tert-OH is 1. The van der Waals surface area contributed by atoms with Crippen LogP contribution in [0.3, 0.4) is 0 Å². The number of piperidine rings is 1. The first-order valence-electron chi connectivity index (χ1n) is 13.0. The Morgan fingerprint density at radius 3 is 2.64 bits per heavy atom. The lowest BCUT2D eigenvalue weighted by molar-refractivity contribution is -0.141. The second-order valence-electron chi connectivity index (χ2n) is 10.3. The van der Waals surface area contributed by atoms with Crippen LogP contribution < -0.4 is 4.74 Å². The van der Waals surface area contributed by atoms with E-state index in [1.54, 1.807) is 25.3 Å². The third-order valence-corrected chi connectivity index (χ3v) is 8.08. The number of carboxylic acid groups (broad SMARTS) is 1. The molecule has 0 saturated carbocycles. The van der Waals surface area contributed by atoms with Crippen LogP contribution in [0, 0.1) is 22.9 Å². The number of rotatable bonds is 11. The van der Waals surface area contributed by atoms with E-state index in [1.807, 2.05) is 0 Å². The Labute approximate surface area is 230 Å². The Hall–Kier alpha value is -2.88. The number of benzene rings is 2. The van der Waals surface area contributed by atoms with Crippen molar-refractivity contribution in [2.75, 3.05) is 26.7 Å². The highest BCUT2D eigenvalue weighted by Gasteiger charge is 2.37. The summed E-state index contributed by atoms with van der Waals surface area (Å²) in [5.74, 6) is -3.29. The zero-order chi connectivity index (χ0) is 28.2. The van der Waals surface area contributed by atoms with Crippen molar-refractivity contribution in [1.82, 2.24) is 9.88 Å². The van der Waals surface area contributed by atoms with Gasteiger partial charge in [-0.25, -0.2) is 13.2 Å². The first kappa shape index (κ1) is 29.1. The van der Waals surface area contributed by atoms with Crippen molar-refractivity contribution >= 4 is 28.5 Å². The molecule has 1 aromatic heterocycles. The van der Waals surface area contributed by atoms with E-state index in [-0.39, 0.29) is 18.4 Å². The van der Waals surface area contributed by atoms with E-state index in [1.165, 1.54) is 6.20 Å². The van der Waals surface area contributed by atoms with Gasteiger partial charge in [0.15, 0.2) is 11.6 Å². The van der Waals surface area contributed by atoms with Crippen molar-refractivity contribution in [3.8, 4) is 5.75 Å². The molecule has 0 radical (unpaired) electrons. The third-order valence-electron chi connectivity index (χ3n) is 7.78. The van der Waals surface area contributed by atoms with Crippen LogP contribution in [-0.4, -0.2) is 52.8 Å². The van der Waals surface area contributed by atoms with Crippen molar-refractivity contribution < 1.29 is 32.9 Å². The van der Waals surface area contributed by atoms with Gasteiger partial charge in [0.25, 0.3) is 0 Å². The molecule has 10 heteroatoms. The molecule has 0 unspecified atom stereocenters. The van der Waals surface area contributed by atoms with Gasteiger partial charge in [0.05, 0.1) is 30.2 Å². The second-order valence-corrected chi connectivity index (χ2v) is 10.7. The minimum Gasteiger partial charge on any atom is -0.497 e. The van der Waals surface area contributed by atoms with Crippen LogP contribution in [0.15, 0.2) is 36.5 Å².